The molecule has 1 saturated heterocycles. The zero-order valence-corrected chi connectivity index (χ0v) is 19.6. The molecule has 2 aromatic rings. The first-order valence-corrected chi connectivity index (χ1v) is 12.4. The molecule has 0 amide bonds. The number of carbonyl (C=O) groups is 1. The van der Waals surface area contributed by atoms with Crippen LogP contribution in [-0.2, 0) is 15.7 Å². The lowest BCUT2D eigenvalue weighted by molar-refractivity contribution is -0.137. The maximum atomic E-state index is 13.1. The van der Waals surface area contributed by atoms with Crippen LogP contribution in [0.5, 0.6) is 0 Å². The van der Waals surface area contributed by atoms with E-state index in [1.165, 1.54) is 38.1 Å². The fourth-order valence-corrected chi connectivity index (χ4v) is 5.70. The monoisotopic (exact) mass is 488 g/mol. The van der Waals surface area contributed by atoms with Crippen LogP contribution in [0.3, 0.4) is 0 Å². The molecular weight excluding hydrogens is 457 g/mol. The summed E-state index contributed by atoms with van der Waals surface area (Å²) in [4.78, 5) is 23.2. The Morgan fingerprint density at radius 3 is 2.63 bits per heavy atom. The highest BCUT2D eigenvalue weighted by Gasteiger charge is 2.37. The van der Waals surface area contributed by atoms with E-state index in [4.69, 9.17) is 4.74 Å². The van der Waals surface area contributed by atoms with Crippen molar-refractivity contribution in [2.75, 3.05) is 31.6 Å². The quantitative estimate of drug-likeness (QED) is 0.562. The van der Waals surface area contributed by atoms with E-state index in [-0.39, 0.29) is 23.5 Å². The van der Waals surface area contributed by atoms with Gasteiger partial charge in [-0.15, -0.1) is 0 Å². The van der Waals surface area contributed by atoms with Crippen LogP contribution in [0.2, 0.25) is 0 Å². The predicted molar refractivity (Wildman–Crippen MR) is 127 cm³/mol. The van der Waals surface area contributed by atoms with Gasteiger partial charge >= 0.3 is 6.18 Å². The number of likely N-dealkylation sites (tertiary alicyclic amines) is 1. The van der Waals surface area contributed by atoms with E-state index >= 15 is 0 Å². The van der Waals surface area contributed by atoms with E-state index in [9.17, 15) is 18.0 Å². The molecular formula is C26H31F3N4O2. The highest BCUT2D eigenvalue weighted by molar-refractivity contribution is 5.91. The number of nitrogens with zero attached hydrogens (tertiary/aromatic N) is 3. The summed E-state index contributed by atoms with van der Waals surface area (Å²) < 4.78 is 45.2. The van der Waals surface area contributed by atoms with Gasteiger partial charge in [0.2, 0.25) is 0 Å². The van der Waals surface area contributed by atoms with Gasteiger partial charge in [-0.1, -0.05) is 12.2 Å². The Balaban J connectivity index is 1.07. The minimum atomic E-state index is -4.45. The first kappa shape index (κ1) is 24.2. The molecule has 3 heterocycles. The summed E-state index contributed by atoms with van der Waals surface area (Å²) in [5.74, 6) is 1.29. The molecule has 1 aromatic heterocycles. The van der Waals surface area contributed by atoms with Crippen molar-refractivity contribution in [2.45, 2.75) is 56.8 Å². The SMILES string of the molecule is O=C(CNc1ncnc2ccc(C(F)(F)F)cc12)CC1CN(C2CCC(C3CC=CCO3)CC2)C1. The van der Waals surface area contributed by atoms with Gasteiger partial charge in [0, 0.05) is 30.9 Å². The minimum Gasteiger partial charge on any atom is -0.374 e. The summed E-state index contributed by atoms with van der Waals surface area (Å²) in [6.45, 7) is 2.66. The van der Waals surface area contributed by atoms with Gasteiger partial charge in [-0.25, -0.2) is 9.97 Å². The highest BCUT2D eigenvalue weighted by Crippen LogP contribution is 2.36. The molecule has 0 radical (unpaired) electrons. The zero-order valence-electron chi connectivity index (χ0n) is 19.6. The Morgan fingerprint density at radius 1 is 1.11 bits per heavy atom. The Morgan fingerprint density at radius 2 is 1.91 bits per heavy atom. The lowest BCUT2D eigenvalue weighted by atomic mass is 9.79. The van der Waals surface area contributed by atoms with Crippen molar-refractivity contribution >= 4 is 22.5 Å². The number of nitrogens with one attached hydrogen (secondary N) is 1. The number of hydrogen-bond donors (Lipinski definition) is 1. The number of rotatable bonds is 7. The molecule has 35 heavy (non-hydrogen) atoms. The lowest BCUT2D eigenvalue weighted by Crippen LogP contribution is -2.54. The molecule has 1 saturated carbocycles. The van der Waals surface area contributed by atoms with Crippen molar-refractivity contribution in [3.05, 3.63) is 42.2 Å². The van der Waals surface area contributed by atoms with E-state index in [0.29, 0.717) is 35.9 Å². The number of Topliss-reactive ketones (excluding diaryl/α,β-unsaturated/α-hetero) is 1. The maximum Gasteiger partial charge on any atom is 0.416 e. The number of benzene rings is 1. The van der Waals surface area contributed by atoms with Crippen LogP contribution in [0.15, 0.2) is 36.7 Å². The van der Waals surface area contributed by atoms with Crippen LogP contribution >= 0.6 is 0 Å². The molecule has 2 aliphatic heterocycles. The average Bonchev–Trinajstić information content (AvgIpc) is 2.84. The third-order valence-corrected chi connectivity index (χ3v) is 7.64. The van der Waals surface area contributed by atoms with Crippen molar-refractivity contribution in [1.29, 1.82) is 0 Å². The summed E-state index contributed by atoms with van der Waals surface area (Å²) in [5, 5.41) is 3.19. The molecule has 6 nitrogen and oxygen atoms in total. The summed E-state index contributed by atoms with van der Waals surface area (Å²) >= 11 is 0. The molecule has 0 spiro atoms. The van der Waals surface area contributed by atoms with E-state index in [0.717, 1.165) is 38.2 Å². The molecule has 5 rings (SSSR count). The highest BCUT2D eigenvalue weighted by atomic mass is 19.4. The van der Waals surface area contributed by atoms with Gasteiger partial charge in [-0.05, 0) is 62.1 Å². The second-order valence-electron chi connectivity index (χ2n) is 10.0. The number of carbonyl (C=O) groups excluding carboxylic acids is 1. The number of anilines is 1. The second kappa shape index (κ2) is 10.2. The first-order valence-electron chi connectivity index (χ1n) is 12.4. The first-order chi connectivity index (χ1) is 16.9. The van der Waals surface area contributed by atoms with E-state index in [2.05, 4.69) is 32.3 Å². The largest absolute Gasteiger partial charge is 0.416 e. The Labute approximate surface area is 202 Å². The van der Waals surface area contributed by atoms with Crippen LogP contribution in [0.4, 0.5) is 19.0 Å². The van der Waals surface area contributed by atoms with E-state index in [1.54, 1.807) is 0 Å². The van der Waals surface area contributed by atoms with Gasteiger partial charge < -0.3 is 10.1 Å². The molecule has 0 bridgehead atoms. The van der Waals surface area contributed by atoms with Crippen molar-refractivity contribution in [3.63, 3.8) is 0 Å². The van der Waals surface area contributed by atoms with Crippen molar-refractivity contribution in [3.8, 4) is 0 Å². The Hall–Kier alpha value is -2.52. The summed E-state index contributed by atoms with van der Waals surface area (Å²) in [5.41, 5.74) is -0.361. The van der Waals surface area contributed by atoms with Crippen molar-refractivity contribution < 1.29 is 22.7 Å². The molecule has 1 atom stereocenters. The average molecular weight is 489 g/mol. The molecule has 1 N–H and O–H groups in total. The fraction of sp³-hybridized carbons (Fsp3) is 0.577. The molecule has 3 aliphatic rings. The van der Waals surface area contributed by atoms with Gasteiger partial charge in [0.05, 0.1) is 30.3 Å². The van der Waals surface area contributed by atoms with Crippen LogP contribution in [0.25, 0.3) is 10.9 Å². The number of fused-ring (bicyclic) bond motifs is 1. The van der Waals surface area contributed by atoms with Crippen molar-refractivity contribution in [2.24, 2.45) is 11.8 Å². The number of aromatic nitrogens is 2. The fourth-order valence-electron chi connectivity index (χ4n) is 5.70. The number of hydrogen-bond acceptors (Lipinski definition) is 6. The third-order valence-electron chi connectivity index (χ3n) is 7.64. The maximum absolute atomic E-state index is 13.1. The molecule has 2 fully saturated rings. The third kappa shape index (κ3) is 5.67. The molecule has 1 aromatic carbocycles. The second-order valence-corrected chi connectivity index (χ2v) is 10.0. The van der Waals surface area contributed by atoms with Gasteiger partial charge in [0.15, 0.2) is 5.78 Å². The summed E-state index contributed by atoms with van der Waals surface area (Å²) in [6, 6.07) is 3.95. The molecule has 188 valence electrons. The van der Waals surface area contributed by atoms with Gasteiger partial charge in [-0.3, -0.25) is 9.69 Å². The Bertz CT molecular complexity index is 1080. The minimum absolute atomic E-state index is 0.0413. The number of ether oxygens (including phenoxy) is 1. The summed E-state index contributed by atoms with van der Waals surface area (Å²) in [7, 11) is 0. The van der Waals surface area contributed by atoms with E-state index in [1.807, 2.05) is 0 Å². The predicted octanol–water partition coefficient (Wildman–Crippen LogP) is 4.86. The number of alkyl halides is 3. The van der Waals surface area contributed by atoms with Crippen molar-refractivity contribution in [1.82, 2.24) is 14.9 Å². The lowest BCUT2D eigenvalue weighted by Gasteiger charge is -2.47. The van der Waals surface area contributed by atoms with Crippen LogP contribution in [0.1, 0.15) is 44.1 Å². The van der Waals surface area contributed by atoms with E-state index < -0.39 is 11.7 Å². The van der Waals surface area contributed by atoms with Gasteiger partial charge in [0.1, 0.15) is 12.1 Å². The topological polar surface area (TPSA) is 67.4 Å². The summed E-state index contributed by atoms with van der Waals surface area (Å²) in [6.07, 6.45) is 7.84. The smallest absolute Gasteiger partial charge is 0.374 e. The van der Waals surface area contributed by atoms with Crippen LogP contribution in [0, 0.1) is 11.8 Å². The molecule has 1 aliphatic carbocycles. The Kier molecular flexibility index (Phi) is 7.07. The standard InChI is InChI=1S/C26H31F3N4O2/c27-26(28,29)19-6-9-23-22(12-19)25(32-16-31-23)30-13-21(34)11-17-14-33(15-17)20-7-4-18(5-8-20)24-3-1-2-10-35-24/h1-2,6,9,12,16-18,20,24H,3-5,7-8,10-11,13-15H2,(H,30,31,32). The normalized spacial score (nSPS) is 26.0. The number of halogens is 3. The van der Waals surface area contributed by atoms with Gasteiger partial charge in [-0.2, -0.15) is 13.2 Å². The molecule has 1 unspecified atom stereocenters. The zero-order chi connectivity index (χ0) is 24.4. The number of ketones is 1. The van der Waals surface area contributed by atoms with Crippen LogP contribution < -0.4 is 5.32 Å². The van der Waals surface area contributed by atoms with Gasteiger partial charge in [0.25, 0.3) is 0 Å². The molecule has 9 heteroatoms. The van der Waals surface area contributed by atoms with Crippen LogP contribution in [-0.4, -0.2) is 59.0 Å².